The van der Waals surface area contributed by atoms with Crippen LogP contribution in [0.15, 0.2) is 53.7 Å². The molecule has 1 aliphatic rings. The molecule has 0 saturated carbocycles. The van der Waals surface area contributed by atoms with Gasteiger partial charge in [-0.2, -0.15) is 9.40 Å². The standard InChI is InChI=1S/C16H20N4O3S/c21-16(17-10-13-19-11-5-9-18-19)15-8-4-12-20(15)24(22,23)14-6-2-1-3-7-14/h1-3,5-7,9,11,15H,4,8,10,12-13H2,(H,17,21). The number of amides is 1. The molecule has 1 aromatic carbocycles. The van der Waals surface area contributed by atoms with E-state index in [0.29, 0.717) is 32.5 Å². The summed E-state index contributed by atoms with van der Waals surface area (Å²) in [6, 6.07) is 9.41. The van der Waals surface area contributed by atoms with Crippen molar-refractivity contribution in [1.29, 1.82) is 0 Å². The van der Waals surface area contributed by atoms with Gasteiger partial charge in [0.2, 0.25) is 15.9 Å². The molecule has 1 aromatic heterocycles. The summed E-state index contributed by atoms with van der Waals surface area (Å²) in [6.07, 6.45) is 4.71. The monoisotopic (exact) mass is 348 g/mol. The second-order valence-electron chi connectivity index (χ2n) is 5.65. The Morgan fingerprint density at radius 3 is 2.75 bits per heavy atom. The highest BCUT2D eigenvalue weighted by molar-refractivity contribution is 7.89. The number of carbonyl (C=O) groups excluding carboxylic acids is 1. The van der Waals surface area contributed by atoms with Gasteiger partial charge in [-0.25, -0.2) is 8.42 Å². The maximum atomic E-state index is 12.7. The fraction of sp³-hybridized carbons (Fsp3) is 0.375. The molecule has 128 valence electrons. The predicted octanol–water partition coefficient (Wildman–Crippen LogP) is 0.853. The van der Waals surface area contributed by atoms with Crippen LogP contribution < -0.4 is 5.32 Å². The number of rotatable bonds is 6. The smallest absolute Gasteiger partial charge is 0.243 e. The SMILES string of the molecule is O=C(NCCn1cccn1)C1CCCN1S(=O)(=O)c1ccccc1. The molecule has 0 aliphatic carbocycles. The van der Waals surface area contributed by atoms with E-state index >= 15 is 0 Å². The third kappa shape index (κ3) is 3.49. The van der Waals surface area contributed by atoms with Crippen molar-refractivity contribution in [1.82, 2.24) is 19.4 Å². The third-order valence-electron chi connectivity index (χ3n) is 4.06. The van der Waals surface area contributed by atoms with Crippen molar-refractivity contribution in [3.05, 3.63) is 48.8 Å². The van der Waals surface area contributed by atoms with Gasteiger partial charge in [-0.15, -0.1) is 0 Å². The highest BCUT2D eigenvalue weighted by Crippen LogP contribution is 2.26. The van der Waals surface area contributed by atoms with Crippen molar-refractivity contribution in [2.45, 2.75) is 30.3 Å². The summed E-state index contributed by atoms with van der Waals surface area (Å²) in [7, 11) is -3.65. The lowest BCUT2D eigenvalue weighted by Gasteiger charge is -2.23. The Hall–Kier alpha value is -2.19. The lowest BCUT2D eigenvalue weighted by atomic mass is 10.2. The summed E-state index contributed by atoms with van der Waals surface area (Å²) in [4.78, 5) is 12.6. The summed E-state index contributed by atoms with van der Waals surface area (Å²) in [5.74, 6) is -0.251. The molecule has 1 N–H and O–H groups in total. The summed E-state index contributed by atoms with van der Waals surface area (Å²) in [5.41, 5.74) is 0. The van der Waals surface area contributed by atoms with Crippen LogP contribution in [0, 0.1) is 0 Å². The Labute approximate surface area is 141 Å². The molecule has 8 heteroatoms. The molecule has 1 atom stereocenters. The van der Waals surface area contributed by atoms with Gasteiger partial charge in [0.25, 0.3) is 0 Å². The quantitative estimate of drug-likeness (QED) is 0.839. The number of benzene rings is 1. The van der Waals surface area contributed by atoms with Crippen LogP contribution in [0.2, 0.25) is 0 Å². The largest absolute Gasteiger partial charge is 0.353 e. The molecule has 2 aromatic rings. The van der Waals surface area contributed by atoms with Crippen molar-refractivity contribution in [2.24, 2.45) is 0 Å². The van der Waals surface area contributed by atoms with Crippen molar-refractivity contribution >= 4 is 15.9 Å². The fourth-order valence-corrected chi connectivity index (χ4v) is 4.54. The summed E-state index contributed by atoms with van der Waals surface area (Å²) in [5, 5.41) is 6.87. The first-order valence-electron chi connectivity index (χ1n) is 7.91. The number of sulfonamides is 1. The lowest BCUT2D eigenvalue weighted by molar-refractivity contribution is -0.124. The van der Waals surface area contributed by atoms with Gasteiger partial charge in [-0.1, -0.05) is 18.2 Å². The Balaban J connectivity index is 1.65. The predicted molar refractivity (Wildman–Crippen MR) is 88.6 cm³/mol. The van der Waals surface area contributed by atoms with Gasteiger partial charge in [0.05, 0.1) is 11.4 Å². The van der Waals surface area contributed by atoms with Gasteiger partial charge >= 0.3 is 0 Å². The zero-order chi connectivity index (χ0) is 17.0. The molecule has 0 spiro atoms. The molecule has 24 heavy (non-hydrogen) atoms. The number of aromatic nitrogens is 2. The van der Waals surface area contributed by atoms with Crippen LogP contribution in [0.25, 0.3) is 0 Å². The minimum atomic E-state index is -3.65. The molecule has 1 saturated heterocycles. The van der Waals surface area contributed by atoms with Gasteiger partial charge in [-0.05, 0) is 31.0 Å². The van der Waals surface area contributed by atoms with Gasteiger partial charge < -0.3 is 5.32 Å². The minimum absolute atomic E-state index is 0.223. The van der Waals surface area contributed by atoms with Gasteiger partial charge in [0, 0.05) is 25.5 Å². The second-order valence-corrected chi connectivity index (χ2v) is 7.54. The summed E-state index contributed by atoms with van der Waals surface area (Å²) < 4.78 is 28.5. The maximum absolute atomic E-state index is 12.7. The van der Waals surface area contributed by atoms with Crippen LogP contribution in [0.5, 0.6) is 0 Å². The molecule has 7 nitrogen and oxygen atoms in total. The van der Waals surface area contributed by atoms with Gasteiger partial charge in [0.15, 0.2) is 0 Å². The van der Waals surface area contributed by atoms with Crippen LogP contribution in [-0.2, 0) is 21.4 Å². The van der Waals surface area contributed by atoms with E-state index in [2.05, 4.69) is 10.4 Å². The van der Waals surface area contributed by atoms with Crippen molar-refractivity contribution < 1.29 is 13.2 Å². The molecular formula is C16H20N4O3S. The van der Waals surface area contributed by atoms with Crippen LogP contribution >= 0.6 is 0 Å². The molecular weight excluding hydrogens is 328 g/mol. The number of hydrogen-bond acceptors (Lipinski definition) is 4. The molecule has 1 amide bonds. The van der Waals surface area contributed by atoms with E-state index in [-0.39, 0.29) is 10.8 Å². The van der Waals surface area contributed by atoms with Crippen molar-refractivity contribution in [3.63, 3.8) is 0 Å². The van der Waals surface area contributed by atoms with Crippen molar-refractivity contribution in [2.75, 3.05) is 13.1 Å². The van der Waals surface area contributed by atoms with Crippen LogP contribution in [0.1, 0.15) is 12.8 Å². The van der Waals surface area contributed by atoms with E-state index in [0.717, 1.165) is 0 Å². The molecule has 0 bridgehead atoms. The number of carbonyl (C=O) groups is 1. The first kappa shape index (κ1) is 16.7. The Morgan fingerprint density at radius 1 is 1.25 bits per heavy atom. The topological polar surface area (TPSA) is 84.3 Å². The molecule has 2 heterocycles. The molecule has 1 aliphatic heterocycles. The molecule has 3 rings (SSSR count). The second kappa shape index (κ2) is 7.14. The zero-order valence-electron chi connectivity index (χ0n) is 13.2. The van der Waals surface area contributed by atoms with Crippen LogP contribution in [0.4, 0.5) is 0 Å². The molecule has 1 unspecified atom stereocenters. The number of nitrogens with zero attached hydrogens (tertiary/aromatic N) is 3. The Kier molecular flexibility index (Phi) is 4.96. The van der Waals surface area contributed by atoms with E-state index in [1.54, 1.807) is 41.2 Å². The highest BCUT2D eigenvalue weighted by Gasteiger charge is 2.39. The Morgan fingerprint density at radius 2 is 2.04 bits per heavy atom. The van der Waals surface area contributed by atoms with E-state index in [4.69, 9.17) is 0 Å². The Bertz CT molecular complexity index is 775. The van der Waals surface area contributed by atoms with E-state index < -0.39 is 16.1 Å². The highest BCUT2D eigenvalue weighted by atomic mass is 32.2. The van der Waals surface area contributed by atoms with E-state index in [1.807, 2.05) is 12.3 Å². The number of nitrogens with one attached hydrogen (secondary N) is 1. The first-order valence-corrected chi connectivity index (χ1v) is 9.35. The zero-order valence-corrected chi connectivity index (χ0v) is 14.0. The van der Waals surface area contributed by atoms with Crippen LogP contribution in [0.3, 0.4) is 0 Å². The minimum Gasteiger partial charge on any atom is -0.353 e. The van der Waals surface area contributed by atoms with Gasteiger partial charge in [-0.3, -0.25) is 9.48 Å². The maximum Gasteiger partial charge on any atom is 0.243 e. The average Bonchev–Trinajstić information content (AvgIpc) is 3.27. The van der Waals surface area contributed by atoms with E-state index in [9.17, 15) is 13.2 Å². The van der Waals surface area contributed by atoms with Crippen molar-refractivity contribution in [3.8, 4) is 0 Å². The summed E-state index contributed by atoms with van der Waals surface area (Å²) >= 11 is 0. The van der Waals surface area contributed by atoms with Crippen LogP contribution in [-0.4, -0.2) is 47.5 Å². The average molecular weight is 348 g/mol. The number of hydrogen-bond donors (Lipinski definition) is 1. The van der Waals surface area contributed by atoms with Gasteiger partial charge in [0.1, 0.15) is 6.04 Å². The molecule has 0 radical (unpaired) electrons. The fourth-order valence-electron chi connectivity index (χ4n) is 2.86. The third-order valence-corrected chi connectivity index (χ3v) is 5.98. The molecule has 1 fully saturated rings. The first-order chi connectivity index (χ1) is 11.6. The lowest BCUT2D eigenvalue weighted by Crippen LogP contribution is -2.46. The van der Waals surface area contributed by atoms with E-state index in [1.165, 1.54) is 4.31 Å². The summed E-state index contributed by atoms with van der Waals surface area (Å²) in [6.45, 7) is 1.33. The normalized spacial score (nSPS) is 18.6.